The summed E-state index contributed by atoms with van der Waals surface area (Å²) in [5.41, 5.74) is 1.32. The number of rotatable bonds is 3. The van der Waals surface area contributed by atoms with Gasteiger partial charge in [-0.1, -0.05) is 32.0 Å². The lowest BCUT2D eigenvalue weighted by Crippen LogP contribution is -2.38. The summed E-state index contributed by atoms with van der Waals surface area (Å²) >= 11 is 0. The second-order valence-electron chi connectivity index (χ2n) is 5.82. The lowest BCUT2D eigenvalue weighted by atomic mass is 9.98. The molecule has 1 aliphatic heterocycles. The number of amides is 1. The molecule has 1 aromatic heterocycles. The van der Waals surface area contributed by atoms with E-state index < -0.39 is 18.0 Å². The van der Waals surface area contributed by atoms with E-state index in [2.05, 4.69) is 15.4 Å². The summed E-state index contributed by atoms with van der Waals surface area (Å²) in [6.07, 6.45) is -0.514. The van der Waals surface area contributed by atoms with Crippen LogP contribution in [0.4, 0.5) is 5.95 Å². The van der Waals surface area contributed by atoms with Crippen LogP contribution in [0.25, 0.3) is 0 Å². The van der Waals surface area contributed by atoms with Crippen molar-refractivity contribution in [1.82, 2.24) is 14.8 Å². The minimum atomic E-state index is -0.864. The number of esters is 1. The maximum Gasteiger partial charge on any atom is 0.339 e. The first-order valence-corrected chi connectivity index (χ1v) is 7.46. The Morgan fingerprint density at radius 3 is 2.83 bits per heavy atom. The fourth-order valence-electron chi connectivity index (χ4n) is 2.43. The largest absolute Gasteiger partial charge is 0.448 e. The van der Waals surface area contributed by atoms with E-state index in [1.54, 1.807) is 19.2 Å². The summed E-state index contributed by atoms with van der Waals surface area (Å²) in [6.45, 7) is 3.95. The number of hydrogen-bond acceptors (Lipinski definition) is 5. The molecule has 3 rings (SSSR count). The first kappa shape index (κ1) is 15.2. The van der Waals surface area contributed by atoms with Crippen LogP contribution < -0.4 is 5.32 Å². The zero-order chi connectivity index (χ0) is 16.6. The third kappa shape index (κ3) is 2.94. The van der Waals surface area contributed by atoms with E-state index in [4.69, 9.17) is 4.74 Å². The van der Waals surface area contributed by atoms with Gasteiger partial charge in [0.05, 0.1) is 5.56 Å². The van der Waals surface area contributed by atoms with E-state index in [1.807, 2.05) is 26.0 Å². The molecule has 0 spiro atoms. The number of nitrogens with zero attached hydrogens (tertiary/aromatic N) is 3. The highest BCUT2D eigenvalue weighted by molar-refractivity contribution is 5.99. The summed E-state index contributed by atoms with van der Waals surface area (Å²) in [5, 5.41) is 6.92. The van der Waals surface area contributed by atoms with Gasteiger partial charge in [-0.25, -0.2) is 9.48 Å². The number of cyclic esters (lactones) is 1. The Hall–Kier alpha value is -2.70. The second-order valence-corrected chi connectivity index (χ2v) is 5.82. The van der Waals surface area contributed by atoms with Crippen molar-refractivity contribution in [3.63, 3.8) is 0 Å². The predicted octanol–water partition coefficient (Wildman–Crippen LogP) is 1.66. The molecule has 0 bridgehead atoms. The van der Waals surface area contributed by atoms with Crippen molar-refractivity contribution in [2.45, 2.75) is 32.3 Å². The lowest BCUT2D eigenvalue weighted by molar-refractivity contribution is -0.125. The van der Waals surface area contributed by atoms with Gasteiger partial charge in [-0.3, -0.25) is 10.1 Å². The number of benzene rings is 1. The predicted molar refractivity (Wildman–Crippen MR) is 83.1 cm³/mol. The van der Waals surface area contributed by atoms with Gasteiger partial charge in [0.15, 0.2) is 11.9 Å². The Bertz CT molecular complexity index is 766. The molecule has 2 aromatic rings. The molecule has 0 radical (unpaired) electrons. The minimum absolute atomic E-state index is 0.159. The standard InChI is InChI=1S/C16H18N4O3/c1-9(2)13-17-16(20(3)19-13)18-14(21)12-8-10-6-4-5-7-11(10)15(22)23-12/h4-7,9,12H,8H2,1-3H3,(H,17,18,19,21)/t12-/m1/s1. The number of carbonyl (C=O) groups is 2. The molecule has 0 fully saturated rings. The van der Waals surface area contributed by atoms with Gasteiger partial charge < -0.3 is 4.74 Å². The van der Waals surface area contributed by atoms with E-state index in [0.717, 1.165) is 5.56 Å². The molecule has 0 aliphatic carbocycles. The summed E-state index contributed by atoms with van der Waals surface area (Å²) in [4.78, 5) is 28.6. The molecule has 23 heavy (non-hydrogen) atoms. The lowest BCUT2D eigenvalue weighted by Gasteiger charge is -2.23. The van der Waals surface area contributed by atoms with Crippen molar-refractivity contribution in [3.05, 3.63) is 41.2 Å². The van der Waals surface area contributed by atoms with Crippen molar-refractivity contribution in [2.75, 3.05) is 5.32 Å². The molecule has 2 heterocycles. The smallest absolute Gasteiger partial charge is 0.339 e. The van der Waals surface area contributed by atoms with Gasteiger partial charge >= 0.3 is 5.97 Å². The van der Waals surface area contributed by atoms with Crippen molar-refractivity contribution < 1.29 is 14.3 Å². The SMILES string of the molecule is CC(C)c1nc(NC(=O)[C@H]2Cc3ccccc3C(=O)O2)n(C)n1. The average Bonchev–Trinajstić information content (AvgIpc) is 2.88. The van der Waals surface area contributed by atoms with Crippen LogP contribution in [0.15, 0.2) is 24.3 Å². The fraction of sp³-hybridized carbons (Fsp3) is 0.375. The van der Waals surface area contributed by atoms with Crippen LogP contribution in [-0.2, 0) is 23.0 Å². The van der Waals surface area contributed by atoms with Gasteiger partial charge in [-0.15, -0.1) is 0 Å². The van der Waals surface area contributed by atoms with Crippen LogP contribution >= 0.6 is 0 Å². The van der Waals surface area contributed by atoms with Crippen LogP contribution in [0, 0.1) is 0 Å². The van der Waals surface area contributed by atoms with Crippen molar-refractivity contribution in [1.29, 1.82) is 0 Å². The number of nitrogens with one attached hydrogen (secondary N) is 1. The summed E-state index contributed by atoms with van der Waals surface area (Å²) < 4.78 is 6.74. The van der Waals surface area contributed by atoms with Gasteiger partial charge in [0.2, 0.25) is 5.95 Å². The molecule has 120 valence electrons. The molecular formula is C16H18N4O3. The Morgan fingerprint density at radius 2 is 2.13 bits per heavy atom. The Kier molecular flexibility index (Phi) is 3.85. The molecule has 1 aromatic carbocycles. The van der Waals surface area contributed by atoms with E-state index in [0.29, 0.717) is 23.8 Å². The van der Waals surface area contributed by atoms with Gasteiger partial charge in [0.1, 0.15) is 0 Å². The highest BCUT2D eigenvalue weighted by atomic mass is 16.5. The summed E-state index contributed by atoms with van der Waals surface area (Å²) in [5.74, 6) is 0.264. The number of hydrogen-bond donors (Lipinski definition) is 1. The van der Waals surface area contributed by atoms with E-state index >= 15 is 0 Å². The van der Waals surface area contributed by atoms with Gasteiger partial charge in [-0.05, 0) is 11.6 Å². The number of anilines is 1. The molecule has 1 atom stereocenters. The average molecular weight is 314 g/mol. The molecule has 7 nitrogen and oxygen atoms in total. The van der Waals surface area contributed by atoms with Crippen LogP contribution in [0.2, 0.25) is 0 Å². The third-order valence-corrected chi connectivity index (χ3v) is 3.72. The minimum Gasteiger partial charge on any atom is -0.448 e. The van der Waals surface area contributed by atoms with Gasteiger partial charge in [-0.2, -0.15) is 10.1 Å². The third-order valence-electron chi connectivity index (χ3n) is 3.72. The van der Waals surface area contributed by atoms with E-state index in [-0.39, 0.29) is 5.92 Å². The molecule has 1 amide bonds. The number of aromatic nitrogens is 3. The highest BCUT2D eigenvalue weighted by Crippen LogP contribution is 2.21. The number of ether oxygens (including phenoxy) is 1. The number of aryl methyl sites for hydroxylation is 1. The topological polar surface area (TPSA) is 86.1 Å². The maximum atomic E-state index is 12.4. The first-order valence-electron chi connectivity index (χ1n) is 7.46. The zero-order valence-electron chi connectivity index (χ0n) is 13.2. The molecule has 7 heteroatoms. The monoisotopic (exact) mass is 314 g/mol. The molecule has 1 aliphatic rings. The van der Waals surface area contributed by atoms with Crippen molar-refractivity contribution >= 4 is 17.8 Å². The first-order chi connectivity index (χ1) is 11.0. The van der Waals surface area contributed by atoms with Gasteiger partial charge in [0.25, 0.3) is 5.91 Å². The zero-order valence-corrected chi connectivity index (χ0v) is 13.2. The molecule has 0 saturated carbocycles. The normalized spacial score (nSPS) is 16.9. The highest BCUT2D eigenvalue weighted by Gasteiger charge is 2.31. The second kappa shape index (κ2) is 5.83. The van der Waals surface area contributed by atoms with Crippen LogP contribution in [-0.4, -0.2) is 32.7 Å². The molecule has 0 unspecified atom stereocenters. The maximum absolute atomic E-state index is 12.4. The molecule has 1 N–H and O–H groups in total. The Labute approximate surface area is 133 Å². The van der Waals surface area contributed by atoms with Gasteiger partial charge in [0, 0.05) is 19.4 Å². The summed E-state index contributed by atoms with van der Waals surface area (Å²) in [6, 6.07) is 7.13. The van der Waals surface area contributed by atoms with Crippen molar-refractivity contribution in [3.8, 4) is 0 Å². The molecular weight excluding hydrogens is 296 g/mol. The van der Waals surface area contributed by atoms with Crippen LogP contribution in [0.3, 0.4) is 0 Å². The van der Waals surface area contributed by atoms with E-state index in [1.165, 1.54) is 4.68 Å². The quantitative estimate of drug-likeness (QED) is 0.871. The Balaban J connectivity index is 1.76. The number of fused-ring (bicyclic) bond motifs is 1. The fourth-order valence-corrected chi connectivity index (χ4v) is 2.43. The Morgan fingerprint density at radius 1 is 1.39 bits per heavy atom. The van der Waals surface area contributed by atoms with Crippen LogP contribution in [0.1, 0.15) is 41.5 Å². The molecule has 0 saturated heterocycles. The summed E-state index contributed by atoms with van der Waals surface area (Å²) in [7, 11) is 1.71. The van der Waals surface area contributed by atoms with Crippen LogP contribution in [0.5, 0.6) is 0 Å². The van der Waals surface area contributed by atoms with Crippen molar-refractivity contribution in [2.24, 2.45) is 7.05 Å². The number of carbonyl (C=O) groups excluding carboxylic acids is 2. The van der Waals surface area contributed by atoms with E-state index in [9.17, 15) is 9.59 Å².